The van der Waals surface area contributed by atoms with Gasteiger partial charge < -0.3 is 9.32 Å². The molecule has 154 valence electrons. The van der Waals surface area contributed by atoms with Gasteiger partial charge in [0.25, 0.3) is 0 Å². The summed E-state index contributed by atoms with van der Waals surface area (Å²) >= 11 is 0. The van der Waals surface area contributed by atoms with Crippen LogP contribution in [0, 0.1) is 12.1 Å². The molecule has 2 aliphatic heterocycles. The van der Waals surface area contributed by atoms with Crippen LogP contribution in [0.4, 0.5) is 11.4 Å². The molecule has 0 saturated carbocycles. The predicted molar refractivity (Wildman–Crippen MR) is 130 cm³/mol. The topological polar surface area (TPSA) is 46.6 Å². The molecule has 6 aromatic rings. The number of hydrogen-bond acceptors (Lipinski definition) is 4. The number of imidazole rings is 1. The van der Waals surface area contributed by atoms with Gasteiger partial charge in [-0.05, 0) is 36.4 Å². The van der Waals surface area contributed by atoms with Gasteiger partial charge in [-0.25, -0.2) is 4.98 Å². The zero-order chi connectivity index (χ0) is 21.5. The molecule has 0 aliphatic carbocycles. The maximum Gasteiger partial charge on any atom is 0.143 e. The molecular weight excluding hydrogens is 408 g/mol. The largest absolute Gasteiger partial charge is 0.456 e. The maximum atomic E-state index is 6.18. The van der Waals surface area contributed by atoms with Gasteiger partial charge in [-0.3, -0.25) is 9.56 Å². The molecule has 2 aliphatic rings. The lowest BCUT2D eigenvalue weighted by molar-refractivity contribution is 0.611. The fourth-order valence-corrected chi connectivity index (χ4v) is 5.44. The number of hydrogen-bond donors (Lipinski definition) is 0. The van der Waals surface area contributed by atoms with E-state index in [0.29, 0.717) is 0 Å². The Balaban J connectivity index is 1.51. The second kappa shape index (κ2) is 6.02. The van der Waals surface area contributed by atoms with E-state index in [9.17, 15) is 0 Å². The Morgan fingerprint density at radius 1 is 0.939 bits per heavy atom. The summed E-state index contributed by atoms with van der Waals surface area (Å²) in [5.41, 5.74) is 8.08. The molecule has 0 spiro atoms. The van der Waals surface area contributed by atoms with Gasteiger partial charge in [-0.15, -0.1) is 0 Å². The molecule has 0 amide bonds. The standard InChI is InChI=1S/C28H16N4O/c1-2-7-17(8-3-1)28-31-16-15-29-20-13-14-21-26(25(20)31)32(28)27(30-21)19-10-6-12-23-24(19)18-9-4-5-11-22(18)33-23/h1-2,4-7,9-15,28H,16H2. The number of rotatable bonds is 2. The maximum absolute atomic E-state index is 6.18. The molecule has 2 aromatic heterocycles. The molecular formula is C28H16N4O. The number of aromatic nitrogens is 2. The van der Waals surface area contributed by atoms with E-state index in [2.05, 4.69) is 63.0 Å². The van der Waals surface area contributed by atoms with E-state index in [1.165, 1.54) is 0 Å². The molecule has 0 fully saturated rings. The Kier molecular flexibility index (Phi) is 3.11. The number of fused-ring (bicyclic) bond motifs is 3. The Bertz CT molecular complexity index is 1760. The molecule has 4 aromatic carbocycles. The summed E-state index contributed by atoms with van der Waals surface area (Å²) in [6, 6.07) is 31.1. The van der Waals surface area contributed by atoms with Gasteiger partial charge in [0.05, 0.1) is 29.0 Å². The highest BCUT2D eigenvalue weighted by Gasteiger charge is 2.38. The Morgan fingerprint density at radius 2 is 1.88 bits per heavy atom. The van der Waals surface area contributed by atoms with Gasteiger partial charge in [0.1, 0.15) is 23.2 Å². The number of benzene rings is 3. The van der Waals surface area contributed by atoms with Crippen LogP contribution in [0.5, 0.6) is 0 Å². The van der Waals surface area contributed by atoms with Crippen molar-refractivity contribution in [2.45, 2.75) is 6.17 Å². The zero-order valence-corrected chi connectivity index (χ0v) is 17.5. The molecule has 0 N–H and O–H groups in total. The molecule has 5 nitrogen and oxygen atoms in total. The van der Waals surface area contributed by atoms with Crippen LogP contribution in [0.3, 0.4) is 0 Å². The van der Waals surface area contributed by atoms with E-state index in [1.807, 2.05) is 42.6 Å². The number of aliphatic imine (C=N–C) groups is 1. The smallest absolute Gasteiger partial charge is 0.143 e. The van der Waals surface area contributed by atoms with E-state index in [0.717, 1.165) is 67.8 Å². The molecule has 0 bridgehead atoms. The lowest BCUT2D eigenvalue weighted by atomic mass is 10.1. The minimum Gasteiger partial charge on any atom is -0.456 e. The van der Waals surface area contributed by atoms with Gasteiger partial charge in [-0.2, -0.15) is 0 Å². The summed E-state index contributed by atoms with van der Waals surface area (Å²) in [5, 5.41) is 2.19. The Hall–Kier alpha value is -4.56. The third-order valence-corrected chi connectivity index (χ3v) is 6.73. The number of nitrogens with zero attached hydrogens (tertiary/aromatic N) is 4. The first-order chi connectivity index (χ1) is 16.4. The van der Waals surface area contributed by atoms with Crippen LogP contribution in [0.15, 0.2) is 82.2 Å². The molecule has 5 heteroatoms. The second-order valence-corrected chi connectivity index (χ2v) is 8.47. The molecule has 0 saturated heterocycles. The van der Waals surface area contributed by atoms with E-state index < -0.39 is 0 Å². The highest BCUT2D eigenvalue weighted by atomic mass is 16.3. The quantitative estimate of drug-likeness (QED) is 0.328. The molecule has 1 unspecified atom stereocenters. The molecule has 0 radical (unpaired) electrons. The van der Waals surface area contributed by atoms with Crippen LogP contribution in [-0.2, 0) is 0 Å². The molecule has 1 atom stereocenters. The Morgan fingerprint density at radius 3 is 2.82 bits per heavy atom. The first-order valence-electron chi connectivity index (χ1n) is 11.0. The van der Waals surface area contributed by atoms with Crippen molar-refractivity contribution in [3.05, 3.63) is 90.5 Å². The van der Waals surface area contributed by atoms with E-state index in [1.54, 1.807) is 0 Å². The van der Waals surface area contributed by atoms with Crippen LogP contribution in [0.2, 0.25) is 0 Å². The van der Waals surface area contributed by atoms with E-state index >= 15 is 0 Å². The first kappa shape index (κ1) is 17.0. The number of furan rings is 1. The van der Waals surface area contributed by atoms with Crippen LogP contribution in [0.1, 0.15) is 11.7 Å². The van der Waals surface area contributed by atoms with Crippen molar-refractivity contribution in [3.8, 4) is 11.4 Å². The first-order valence-corrected chi connectivity index (χ1v) is 11.0. The van der Waals surface area contributed by atoms with Crippen molar-refractivity contribution < 1.29 is 4.42 Å². The summed E-state index contributed by atoms with van der Waals surface area (Å²) in [4.78, 5) is 12.2. The summed E-state index contributed by atoms with van der Waals surface area (Å²) in [5.74, 6) is 0.923. The van der Waals surface area contributed by atoms with Crippen molar-refractivity contribution >= 4 is 50.6 Å². The fourth-order valence-electron chi connectivity index (χ4n) is 5.44. The molecule has 33 heavy (non-hydrogen) atoms. The summed E-state index contributed by atoms with van der Waals surface area (Å²) in [6.07, 6.45) is 1.91. The van der Waals surface area contributed by atoms with Gasteiger partial charge in [0.2, 0.25) is 0 Å². The average Bonchev–Trinajstić information content (AvgIpc) is 3.54. The predicted octanol–water partition coefficient (Wildman–Crippen LogP) is 6.29. The number of para-hydroxylation sites is 1. The van der Waals surface area contributed by atoms with Gasteiger partial charge >= 0.3 is 0 Å². The van der Waals surface area contributed by atoms with Crippen molar-refractivity contribution in [2.75, 3.05) is 11.4 Å². The highest BCUT2D eigenvalue weighted by Crippen LogP contribution is 2.51. The van der Waals surface area contributed by atoms with Crippen molar-refractivity contribution in [2.24, 2.45) is 4.99 Å². The normalized spacial score (nSPS) is 16.2. The summed E-state index contributed by atoms with van der Waals surface area (Å²) in [6.45, 7) is 0.736. The monoisotopic (exact) mass is 424 g/mol. The third kappa shape index (κ3) is 2.12. The second-order valence-electron chi connectivity index (χ2n) is 8.47. The van der Waals surface area contributed by atoms with E-state index in [-0.39, 0.29) is 6.17 Å². The van der Waals surface area contributed by atoms with Crippen molar-refractivity contribution in [1.29, 1.82) is 0 Å². The highest BCUT2D eigenvalue weighted by molar-refractivity contribution is 6.13. The van der Waals surface area contributed by atoms with Gasteiger partial charge in [0, 0.05) is 28.1 Å². The average molecular weight is 424 g/mol. The summed E-state index contributed by atoms with van der Waals surface area (Å²) in [7, 11) is 0. The summed E-state index contributed by atoms with van der Waals surface area (Å²) < 4.78 is 8.53. The van der Waals surface area contributed by atoms with Crippen LogP contribution in [0.25, 0.3) is 44.4 Å². The van der Waals surface area contributed by atoms with Crippen molar-refractivity contribution in [1.82, 2.24) is 9.55 Å². The minimum atomic E-state index is -0.0706. The van der Waals surface area contributed by atoms with Crippen molar-refractivity contribution in [3.63, 3.8) is 0 Å². The fraction of sp³-hybridized carbons (Fsp3) is 0.0714. The van der Waals surface area contributed by atoms with Crippen LogP contribution >= 0.6 is 0 Å². The van der Waals surface area contributed by atoms with Gasteiger partial charge in [-0.1, -0.05) is 48.5 Å². The Labute approximate surface area is 189 Å². The number of anilines is 1. The zero-order valence-electron chi connectivity index (χ0n) is 17.5. The van der Waals surface area contributed by atoms with Gasteiger partial charge in [0.15, 0.2) is 0 Å². The third-order valence-electron chi connectivity index (χ3n) is 6.73. The van der Waals surface area contributed by atoms with Crippen LogP contribution in [-0.4, -0.2) is 22.3 Å². The lowest BCUT2D eigenvalue weighted by Crippen LogP contribution is -2.32. The molecule has 4 heterocycles. The van der Waals surface area contributed by atoms with E-state index in [4.69, 9.17) is 9.40 Å². The SMILES string of the molecule is c1cccc(C2N3CC=Nc4ccc5nc(-c6cccc7oc8ccccc8c67)n2c5c43)c#1. The van der Waals surface area contributed by atoms with Crippen LogP contribution < -0.4 is 4.90 Å². The molecule has 8 rings (SSSR count). The lowest BCUT2D eigenvalue weighted by Gasteiger charge is -2.30. The minimum absolute atomic E-state index is 0.0706.